The highest BCUT2D eigenvalue weighted by atomic mass is 16.6. The molecule has 2 unspecified atom stereocenters. The molecular formula is C18H26NO5-. The van der Waals surface area contributed by atoms with E-state index < -0.39 is 18.2 Å². The summed E-state index contributed by atoms with van der Waals surface area (Å²) in [5, 5.41) is 22.4. The first-order valence-electron chi connectivity index (χ1n) is 8.40. The Bertz CT molecular complexity index is 491. The number of amides is 1. The van der Waals surface area contributed by atoms with Crippen LogP contribution < -0.4 is 10.4 Å². The fourth-order valence-electron chi connectivity index (χ4n) is 2.39. The Labute approximate surface area is 142 Å². The van der Waals surface area contributed by atoms with Crippen molar-refractivity contribution < 1.29 is 24.5 Å². The number of carbonyl (C=O) groups is 2. The number of nitrogens with one attached hydrogen (secondary N) is 1. The van der Waals surface area contributed by atoms with Crippen LogP contribution in [0.1, 0.15) is 57.1 Å². The summed E-state index contributed by atoms with van der Waals surface area (Å²) in [5.41, 5.74) is 0.969. The number of hydrogen-bond donors (Lipinski definition) is 2. The molecule has 0 saturated carbocycles. The van der Waals surface area contributed by atoms with Gasteiger partial charge in [0.1, 0.15) is 6.10 Å². The van der Waals surface area contributed by atoms with Gasteiger partial charge >= 0.3 is 6.09 Å². The minimum Gasteiger partial charge on any atom is -0.550 e. The van der Waals surface area contributed by atoms with Gasteiger partial charge in [-0.1, -0.05) is 50.1 Å². The largest absolute Gasteiger partial charge is 0.550 e. The first-order chi connectivity index (χ1) is 11.5. The third-order valence-corrected chi connectivity index (χ3v) is 3.68. The van der Waals surface area contributed by atoms with Crippen LogP contribution >= 0.6 is 0 Å². The number of aliphatic hydroxyl groups is 1. The lowest BCUT2D eigenvalue weighted by molar-refractivity contribution is -0.307. The molecule has 0 aliphatic rings. The molecule has 0 aromatic heterocycles. The molecule has 0 spiro atoms. The van der Waals surface area contributed by atoms with Gasteiger partial charge in [-0.05, 0) is 24.8 Å². The third-order valence-electron chi connectivity index (χ3n) is 3.68. The SMILES string of the molecule is CCC(OC(=O)NCCCCCC(O)CC(=O)[O-])c1ccccc1. The molecule has 1 aromatic rings. The fourth-order valence-corrected chi connectivity index (χ4v) is 2.39. The average molecular weight is 336 g/mol. The number of carboxylic acid groups (broad SMARTS) is 1. The van der Waals surface area contributed by atoms with Crippen molar-refractivity contribution in [2.45, 2.75) is 57.7 Å². The van der Waals surface area contributed by atoms with Crippen molar-refractivity contribution in [3.8, 4) is 0 Å². The Morgan fingerprint density at radius 2 is 1.92 bits per heavy atom. The van der Waals surface area contributed by atoms with Crippen LogP contribution in [0.3, 0.4) is 0 Å². The van der Waals surface area contributed by atoms with Gasteiger partial charge in [0.25, 0.3) is 0 Å². The van der Waals surface area contributed by atoms with E-state index in [-0.39, 0.29) is 12.5 Å². The number of carbonyl (C=O) groups excluding carboxylic acids is 2. The Morgan fingerprint density at radius 3 is 2.54 bits per heavy atom. The quantitative estimate of drug-likeness (QED) is 0.602. The lowest BCUT2D eigenvalue weighted by Gasteiger charge is -2.17. The maximum absolute atomic E-state index is 11.8. The lowest BCUT2D eigenvalue weighted by atomic mass is 10.1. The van der Waals surface area contributed by atoms with Crippen LogP contribution in [0, 0.1) is 0 Å². The summed E-state index contributed by atoms with van der Waals surface area (Å²) in [6.45, 7) is 2.45. The molecule has 0 aliphatic carbocycles. The Hall–Kier alpha value is -2.08. The number of aliphatic hydroxyl groups excluding tert-OH is 1. The smallest absolute Gasteiger partial charge is 0.407 e. The van der Waals surface area contributed by atoms with E-state index in [2.05, 4.69) is 5.32 Å². The minimum atomic E-state index is -1.24. The molecule has 1 aromatic carbocycles. The van der Waals surface area contributed by atoms with Gasteiger partial charge < -0.3 is 25.1 Å². The van der Waals surface area contributed by atoms with E-state index in [1.54, 1.807) is 0 Å². The summed E-state index contributed by atoms with van der Waals surface area (Å²) >= 11 is 0. The van der Waals surface area contributed by atoms with Crippen molar-refractivity contribution in [3.05, 3.63) is 35.9 Å². The van der Waals surface area contributed by atoms with E-state index in [1.807, 2.05) is 37.3 Å². The molecular weight excluding hydrogens is 310 g/mol. The van der Waals surface area contributed by atoms with Crippen LogP contribution in [-0.4, -0.2) is 29.8 Å². The number of aliphatic carboxylic acids is 1. The van der Waals surface area contributed by atoms with Crippen molar-refractivity contribution in [2.75, 3.05) is 6.54 Å². The zero-order valence-electron chi connectivity index (χ0n) is 14.1. The van der Waals surface area contributed by atoms with Crippen molar-refractivity contribution in [2.24, 2.45) is 0 Å². The van der Waals surface area contributed by atoms with Gasteiger partial charge in [0.15, 0.2) is 0 Å². The monoisotopic (exact) mass is 336 g/mol. The van der Waals surface area contributed by atoms with E-state index >= 15 is 0 Å². The molecule has 2 atom stereocenters. The highest BCUT2D eigenvalue weighted by molar-refractivity contribution is 5.67. The standard InChI is InChI=1S/C18H27NO5/c1-2-16(14-9-5-3-6-10-14)24-18(23)19-12-8-4-7-11-15(20)13-17(21)22/h3,5-6,9-10,15-16,20H,2,4,7-8,11-13H2,1H3,(H,19,23)(H,21,22)/p-1. The van der Waals surface area contributed by atoms with E-state index in [1.165, 1.54) is 0 Å². The first-order valence-corrected chi connectivity index (χ1v) is 8.40. The maximum Gasteiger partial charge on any atom is 0.407 e. The Morgan fingerprint density at radius 1 is 1.21 bits per heavy atom. The third kappa shape index (κ3) is 8.53. The summed E-state index contributed by atoms with van der Waals surface area (Å²) in [7, 11) is 0. The molecule has 6 nitrogen and oxygen atoms in total. The molecule has 0 radical (unpaired) electrons. The summed E-state index contributed by atoms with van der Waals surface area (Å²) in [6.07, 6.45) is 1.47. The number of benzene rings is 1. The van der Waals surface area contributed by atoms with Gasteiger partial charge in [-0.15, -0.1) is 0 Å². The van der Waals surface area contributed by atoms with Crippen LogP contribution in [0.25, 0.3) is 0 Å². The van der Waals surface area contributed by atoms with Crippen LogP contribution in [0.5, 0.6) is 0 Å². The summed E-state index contributed by atoms with van der Waals surface area (Å²) in [6, 6.07) is 9.60. The molecule has 24 heavy (non-hydrogen) atoms. The van der Waals surface area contributed by atoms with Crippen molar-refractivity contribution in [1.29, 1.82) is 0 Å². The highest BCUT2D eigenvalue weighted by Crippen LogP contribution is 2.20. The lowest BCUT2D eigenvalue weighted by Crippen LogP contribution is -2.27. The summed E-state index contributed by atoms with van der Waals surface area (Å²) < 4.78 is 5.41. The molecule has 1 amide bonds. The van der Waals surface area contributed by atoms with Gasteiger partial charge in [-0.2, -0.15) is 0 Å². The van der Waals surface area contributed by atoms with Gasteiger partial charge in [0, 0.05) is 18.9 Å². The second kappa shape index (κ2) is 11.5. The average Bonchev–Trinajstić information content (AvgIpc) is 2.56. The molecule has 0 bridgehead atoms. The van der Waals surface area contributed by atoms with Crippen LogP contribution in [0.2, 0.25) is 0 Å². The van der Waals surface area contributed by atoms with Gasteiger partial charge in [0.2, 0.25) is 0 Å². The number of hydrogen-bond acceptors (Lipinski definition) is 5. The van der Waals surface area contributed by atoms with Crippen LogP contribution in [0.15, 0.2) is 30.3 Å². The summed E-state index contributed by atoms with van der Waals surface area (Å²) in [4.78, 5) is 22.1. The zero-order chi connectivity index (χ0) is 17.8. The molecule has 134 valence electrons. The van der Waals surface area contributed by atoms with Gasteiger partial charge in [0.05, 0.1) is 6.10 Å². The molecule has 0 saturated heterocycles. The molecule has 1 rings (SSSR count). The van der Waals surface area contributed by atoms with E-state index in [9.17, 15) is 19.8 Å². The number of carboxylic acids is 1. The topological polar surface area (TPSA) is 98.7 Å². The molecule has 6 heteroatoms. The number of unbranched alkanes of at least 4 members (excludes halogenated alkanes) is 2. The van der Waals surface area contributed by atoms with Crippen molar-refractivity contribution >= 4 is 12.1 Å². The summed E-state index contributed by atoms with van der Waals surface area (Å²) in [5.74, 6) is -1.24. The number of alkyl carbamates (subject to hydrolysis) is 1. The van der Waals surface area contributed by atoms with E-state index in [0.717, 1.165) is 18.4 Å². The van der Waals surface area contributed by atoms with Crippen LogP contribution in [0.4, 0.5) is 4.79 Å². The van der Waals surface area contributed by atoms with Crippen LogP contribution in [-0.2, 0) is 9.53 Å². The second-order valence-electron chi connectivity index (χ2n) is 5.72. The number of ether oxygens (including phenoxy) is 1. The van der Waals surface area contributed by atoms with Crippen molar-refractivity contribution in [3.63, 3.8) is 0 Å². The fraction of sp³-hybridized carbons (Fsp3) is 0.556. The molecule has 0 fully saturated rings. The minimum absolute atomic E-state index is 0.258. The van der Waals surface area contributed by atoms with Gasteiger partial charge in [-0.3, -0.25) is 0 Å². The van der Waals surface area contributed by atoms with Gasteiger partial charge in [-0.25, -0.2) is 4.79 Å². The maximum atomic E-state index is 11.8. The predicted octanol–water partition coefficient (Wildman–Crippen LogP) is 1.93. The number of rotatable bonds is 11. The molecule has 2 N–H and O–H groups in total. The van der Waals surface area contributed by atoms with E-state index in [0.29, 0.717) is 25.8 Å². The predicted molar refractivity (Wildman–Crippen MR) is 88.1 cm³/mol. The molecule has 0 aliphatic heterocycles. The van der Waals surface area contributed by atoms with Crippen molar-refractivity contribution in [1.82, 2.24) is 5.32 Å². The Kier molecular flexibility index (Phi) is 9.53. The first kappa shape index (κ1) is 20.0. The highest BCUT2D eigenvalue weighted by Gasteiger charge is 2.13. The zero-order valence-corrected chi connectivity index (χ0v) is 14.1. The Balaban J connectivity index is 2.14. The molecule has 0 heterocycles. The normalized spacial score (nSPS) is 13.1. The second-order valence-corrected chi connectivity index (χ2v) is 5.72. The van der Waals surface area contributed by atoms with E-state index in [4.69, 9.17) is 4.74 Å².